The highest BCUT2D eigenvalue weighted by atomic mass is 79.9. The Morgan fingerprint density at radius 3 is 2.27 bits per heavy atom. The van der Waals surface area contributed by atoms with Crippen molar-refractivity contribution in [1.82, 2.24) is 3.33 Å². The molecule has 0 aromatic heterocycles. The molecule has 15 heavy (non-hydrogen) atoms. The van der Waals surface area contributed by atoms with Gasteiger partial charge in [0.05, 0.1) is 21.0 Å². The van der Waals surface area contributed by atoms with Crippen molar-refractivity contribution in [1.29, 1.82) is 0 Å². The number of hydrogen-bond donors (Lipinski definition) is 0. The predicted molar refractivity (Wildman–Crippen MR) is 62.6 cm³/mol. The summed E-state index contributed by atoms with van der Waals surface area (Å²) < 4.78 is 24.5. The van der Waals surface area contributed by atoms with Crippen LogP contribution >= 0.6 is 16.1 Å². The number of halogens is 1. The van der Waals surface area contributed by atoms with Crippen molar-refractivity contribution in [3.63, 3.8) is 0 Å². The van der Waals surface area contributed by atoms with Gasteiger partial charge < -0.3 is 0 Å². The summed E-state index contributed by atoms with van der Waals surface area (Å²) in [6.45, 7) is 3.47. The molecule has 3 nitrogen and oxygen atoms in total. The first-order valence-electron chi connectivity index (χ1n) is 4.18. The number of hydrogen-bond acceptors (Lipinski definition) is 2. The van der Waals surface area contributed by atoms with Gasteiger partial charge in [-0.3, -0.25) is 0 Å². The van der Waals surface area contributed by atoms with Crippen LogP contribution in [0.2, 0.25) is 0 Å². The van der Waals surface area contributed by atoms with E-state index in [1.807, 2.05) is 6.92 Å². The molecule has 0 aliphatic carbocycles. The monoisotopic (exact) mass is 287 g/mol. The molecule has 0 unspecified atom stereocenters. The van der Waals surface area contributed by atoms with Crippen molar-refractivity contribution in [2.45, 2.75) is 18.7 Å². The van der Waals surface area contributed by atoms with Gasteiger partial charge in [0.2, 0.25) is 0 Å². The Morgan fingerprint density at radius 2 is 1.80 bits per heavy atom. The molecule has 1 aromatic rings. The zero-order valence-corrected chi connectivity index (χ0v) is 10.8. The molecule has 0 amide bonds. The third-order valence-corrected chi connectivity index (χ3v) is 4.43. The fourth-order valence-electron chi connectivity index (χ4n) is 0.951. The SMILES string of the molecule is CC#CN(Br)S(=O)(=O)c1ccc(C)cc1. The summed E-state index contributed by atoms with van der Waals surface area (Å²) in [6.07, 6.45) is 0. The van der Waals surface area contributed by atoms with E-state index in [1.54, 1.807) is 31.2 Å². The van der Waals surface area contributed by atoms with E-state index in [4.69, 9.17) is 0 Å². The quantitative estimate of drug-likeness (QED) is 0.475. The molecule has 0 saturated carbocycles. The molecule has 1 rings (SSSR count). The minimum atomic E-state index is -3.54. The van der Waals surface area contributed by atoms with Crippen molar-refractivity contribution in [3.05, 3.63) is 29.8 Å². The first-order chi connectivity index (χ1) is 6.98. The number of aryl methyl sites for hydroxylation is 1. The highest BCUT2D eigenvalue weighted by Gasteiger charge is 2.19. The smallest absolute Gasteiger partial charge is 0.200 e. The van der Waals surface area contributed by atoms with Crippen LogP contribution in [0.1, 0.15) is 12.5 Å². The summed E-state index contributed by atoms with van der Waals surface area (Å²) in [5, 5.41) is 0. The third-order valence-electron chi connectivity index (χ3n) is 1.73. The number of nitrogens with zero attached hydrogens (tertiary/aromatic N) is 1. The second-order valence-electron chi connectivity index (χ2n) is 2.89. The summed E-state index contributed by atoms with van der Waals surface area (Å²) in [4.78, 5) is 0.215. The largest absolute Gasteiger partial charge is 0.280 e. The normalized spacial score (nSPS) is 10.3. The molecule has 0 N–H and O–H groups in total. The van der Waals surface area contributed by atoms with Gasteiger partial charge in [0.15, 0.2) is 0 Å². The van der Waals surface area contributed by atoms with Crippen LogP contribution in [0, 0.1) is 18.9 Å². The zero-order valence-electron chi connectivity index (χ0n) is 8.36. The molecule has 0 spiro atoms. The van der Waals surface area contributed by atoms with E-state index < -0.39 is 10.0 Å². The Hall–Kier alpha value is -0.990. The van der Waals surface area contributed by atoms with Crippen LogP contribution in [-0.2, 0) is 10.0 Å². The van der Waals surface area contributed by atoms with Crippen molar-refractivity contribution in [2.75, 3.05) is 0 Å². The van der Waals surface area contributed by atoms with Gasteiger partial charge in [-0.25, -0.2) is 0 Å². The lowest BCUT2D eigenvalue weighted by atomic mass is 10.2. The molecule has 0 atom stereocenters. The number of rotatable bonds is 2. The molecule has 0 fully saturated rings. The predicted octanol–water partition coefficient (Wildman–Crippen LogP) is 2.28. The maximum Gasteiger partial charge on any atom is 0.280 e. The highest BCUT2D eigenvalue weighted by molar-refractivity contribution is 9.08. The van der Waals surface area contributed by atoms with Crippen LogP contribution < -0.4 is 0 Å². The van der Waals surface area contributed by atoms with Crippen LogP contribution in [0.25, 0.3) is 0 Å². The van der Waals surface area contributed by atoms with Gasteiger partial charge in [-0.15, -0.1) is 0 Å². The molecule has 0 aliphatic heterocycles. The Labute approximate surface area is 98.5 Å². The molecule has 0 aliphatic rings. The summed E-state index contributed by atoms with van der Waals surface area (Å²) in [6, 6.07) is 9.00. The van der Waals surface area contributed by atoms with E-state index in [0.717, 1.165) is 8.89 Å². The summed E-state index contributed by atoms with van der Waals surface area (Å²) in [5.74, 6) is 2.50. The Kier molecular flexibility index (Phi) is 3.77. The lowest BCUT2D eigenvalue weighted by Crippen LogP contribution is -2.16. The van der Waals surface area contributed by atoms with Crippen LogP contribution in [0.3, 0.4) is 0 Å². The number of benzene rings is 1. The van der Waals surface area contributed by atoms with Crippen molar-refractivity contribution >= 4 is 26.2 Å². The van der Waals surface area contributed by atoms with Gasteiger partial charge in [-0.2, -0.15) is 11.7 Å². The maximum absolute atomic E-state index is 11.8. The number of sulfonamides is 1. The Balaban J connectivity index is 3.15. The lowest BCUT2D eigenvalue weighted by Gasteiger charge is -2.09. The van der Waals surface area contributed by atoms with Gasteiger partial charge in [-0.1, -0.05) is 23.6 Å². The van der Waals surface area contributed by atoms with Gasteiger partial charge in [-0.05, 0) is 26.0 Å². The first kappa shape index (κ1) is 12.1. The Morgan fingerprint density at radius 1 is 1.27 bits per heavy atom. The van der Waals surface area contributed by atoms with Crippen molar-refractivity contribution < 1.29 is 8.42 Å². The fourth-order valence-corrected chi connectivity index (χ4v) is 2.51. The Bertz CT molecular complexity index is 496. The summed E-state index contributed by atoms with van der Waals surface area (Å²) >= 11 is 2.89. The van der Waals surface area contributed by atoms with E-state index in [-0.39, 0.29) is 4.90 Å². The molecular weight excluding hydrogens is 278 g/mol. The summed E-state index contributed by atoms with van der Waals surface area (Å²) in [5.41, 5.74) is 1.01. The van der Waals surface area contributed by atoms with Gasteiger partial charge in [0.1, 0.15) is 0 Å². The van der Waals surface area contributed by atoms with Crippen LogP contribution in [0.5, 0.6) is 0 Å². The molecular formula is C10H10BrNO2S. The second kappa shape index (κ2) is 4.69. The average Bonchev–Trinajstić information content (AvgIpc) is 2.18. The van der Waals surface area contributed by atoms with Gasteiger partial charge >= 0.3 is 0 Å². The van der Waals surface area contributed by atoms with E-state index in [1.165, 1.54) is 0 Å². The van der Waals surface area contributed by atoms with Crippen molar-refractivity contribution in [3.8, 4) is 12.0 Å². The van der Waals surface area contributed by atoms with Crippen molar-refractivity contribution in [2.24, 2.45) is 0 Å². The van der Waals surface area contributed by atoms with Gasteiger partial charge in [0.25, 0.3) is 10.0 Å². The third kappa shape index (κ3) is 2.74. The molecule has 80 valence electrons. The van der Waals surface area contributed by atoms with Crippen LogP contribution in [0.15, 0.2) is 29.2 Å². The first-order valence-corrected chi connectivity index (χ1v) is 6.33. The minimum Gasteiger partial charge on any atom is -0.200 e. The standard InChI is InChI=1S/C10H10BrNO2S/c1-3-8-12(11)15(13,14)10-6-4-9(2)5-7-10/h4-7H,1-2H3. The highest BCUT2D eigenvalue weighted by Crippen LogP contribution is 2.18. The second-order valence-corrected chi connectivity index (χ2v) is 5.86. The molecule has 0 saturated heterocycles. The van der Waals surface area contributed by atoms with Gasteiger partial charge in [0, 0.05) is 6.04 Å². The topological polar surface area (TPSA) is 37.4 Å². The molecule has 1 aromatic carbocycles. The van der Waals surface area contributed by atoms with E-state index in [9.17, 15) is 8.42 Å². The van der Waals surface area contributed by atoms with E-state index in [2.05, 4.69) is 28.1 Å². The van der Waals surface area contributed by atoms with E-state index >= 15 is 0 Å². The molecule has 0 heterocycles. The molecule has 0 bridgehead atoms. The lowest BCUT2D eigenvalue weighted by molar-refractivity contribution is 0.577. The average molecular weight is 288 g/mol. The van der Waals surface area contributed by atoms with E-state index in [0.29, 0.717) is 0 Å². The molecule has 5 heteroatoms. The minimum absolute atomic E-state index is 0.215. The zero-order chi connectivity index (χ0) is 11.5. The fraction of sp³-hybridized carbons (Fsp3) is 0.200. The van der Waals surface area contributed by atoms with Crippen LogP contribution in [-0.4, -0.2) is 11.7 Å². The maximum atomic E-state index is 11.8. The van der Waals surface area contributed by atoms with Crippen LogP contribution in [0.4, 0.5) is 0 Å². The molecule has 0 radical (unpaired) electrons. The summed E-state index contributed by atoms with van der Waals surface area (Å²) in [7, 11) is -3.54.